The number of hydrogen-bond donors (Lipinski definition) is 0. The zero-order valence-corrected chi connectivity index (χ0v) is 14.8. The number of nitrogens with zero attached hydrogens (tertiary/aromatic N) is 8. The van der Waals surface area contributed by atoms with Gasteiger partial charge in [-0.15, -0.1) is 15.3 Å². The molecule has 26 heavy (non-hydrogen) atoms. The number of rotatable bonds is 2. The largest absolute Gasteiger partial charge is 0.354 e. The molecule has 0 radical (unpaired) electrons. The van der Waals surface area contributed by atoms with E-state index in [2.05, 4.69) is 25.3 Å². The van der Waals surface area contributed by atoms with E-state index in [1.54, 1.807) is 15.5 Å². The number of carbonyl (C=O) groups excluding carboxylic acids is 1. The summed E-state index contributed by atoms with van der Waals surface area (Å²) in [6.07, 6.45) is 1.62. The number of hydrogen-bond acceptors (Lipinski definition) is 6. The highest BCUT2D eigenvalue weighted by Crippen LogP contribution is 2.33. The predicted octanol–water partition coefficient (Wildman–Crippen LogP) is 0.375. The Morgan fingerprint density at radius 2 is 1.88 bits per heavy atom. The van der Waals surface area contributed by atoms with Gasteiger partial charge in [-0.25, -0.2) is 0 Å². The Labute approximate surface area is 150 Å². The van der Waals surface area contributed by atoms with Gasteiger partial charge in [0.1, 0.15) is 12.1 Å². The van der Waals surface area contributed by atoms with Gasteiger partial charge in [-0.3, -0.25) is 9.48 Å². The van der Waals surface area contributed by atoms with Crippen molar-refractivity contribution in [3.8, 4) is 0 Å². The lowest BCUT2D eigenvalue weighted by Gasteiger charge is -2.21. The van der Waals surface area contributed by atoms with Crippen LogP contribution < -0.4 is 4.90 Å². The van der Waals surface area contributed by atoms with Crippen LogP contribution in [0.4, 0.5) is 5.82 Å². The van der Waals surface area contributed by atoms with E-state index in [1.165, 1.54) is 0 Å². The molecular weight excluding hydrogens is 332 g/mol. The van der Waals surface area contributed by atoms with Gasteiger partial charge in [0.25, 0.3) is 5.91 Å². The van der Waals surface area contributed by atoms with Gasteiger partial charge in [-0.2, -0.15) is 9.61 Å². The van der Waals surface area contributed by atoms with Crippen molar-refractivity contribution in [3.05, 3.63) is 35.9 Å². The van der Waals surface area contributed by atoms with E-state index in [4.69, 9.17) is 0 Å². The quantitative estimate of drug-likeness (QED) is 0.663. The molecule has 134 valence electrons. The first kappa shape index (κ1) is 15.3. The first-order chi connectivity index (χ1) is 12.6. The second kappa shape index (κ2) is 5.52. The summed E-state index contributed by atoms with van der Waals surface area (Å²) in [5, 5.41) is 16.8. The fourth-order valence-electron chi connectivity index (χ4n) is 4.06. The van der Waals surface area contributed by atoms with Crippen LogP contribution in [0.5, 0.6) is 0 Å². The summed E-state index contributed by atoms with van der Waals surface area (Å²) in [4.78, 5) is 17.0. The summed E-state index contributed by atoms with van der Waals surface area (Å²) >= 11 is 0. The van der Waals surface area contributed by atoms with Gasteiger partial charge in [0, 0.05) is 50.8 Å². The Kier molecular flexibility index (Phi) is 3.25. The summed E-state index contributed by atoms with van der Waals surface area (Å²) in [6.45, 7) is 5.35. The molecule has 0 bridgehead atoms. The molecule has 5 heterocycles. The molecule has 5 rings (SSSR count). The average molecular weight is 352 g/mol. The number of aryl methyl sites for hydroxylation is 2. The van der Waals surface area contributed by atoms with Crippen molar-refractivity contribution in [2.75, 3.05) is 31.1 Å². The van der Waals surface area contributed by atoms with Gasteiger partial charge in [-0.05, 0) is 25.1 Å². The van der Waals surface area contributed by atoms with Crippen LogP contribution in [0.15, 0.2) is 24.5 Å². The standard InChI is InChI=1S/C17H20N8O/c1-11-5-14(20-22(11)2)17(26)24-8-12-6-23(7-13(12)9-24)16-4-3-15-19-18-10-25(15)21-16/h3-5,10,12-13H,6-9H2,1-2H3. The molecule has 0 aromatic carbocycles. The summed E-state index contributed by atoms with van der Waals surface area (Å²) < 4.78 is 3.45. The van der Waals surface area contributed by atoms with Crippen LogP contribution in [0, 0.1) is 18.8 Å². The van der Waals surface area contributed by atoms with Crippen LogP contribution in [0.25, 0.3) is 5.65 Å². The molecule has 2 atom stereocenters. The van der Waals surface area contributed by atoms with Gasteiger partial charge in [0.2, 0.25) is 0 Å². The topological polar surface area (TPSA) is 84.5 Å². The number of anilines is 1. The van der Waals surface area contributed by atoms with Crippen LogP contribution in [0.3, 0.4) is 0 Å². The minimum Gasteiger partial charge on any atom is -0.354 e. The van der Waals surface area contributed by atoms with Crippen LogP contribution in [0.1, 0.15) is 16.2 Å². The molecule has 2 aliphatic rings. The molecule has 3 aromatic heterocycles. The van der Waals surface area contributed by atoms with E-state index >= 15 is 0 Å². The maximum absolute atomic E-state index is 12.7. The van der Waals surface area contributed by atoms with E-state index in [1.807, 2.05) is 37.1 Å². The second-order valence-corrected chi connectivity index (χ2v) is 7.26. The predicted molar refractivity (Wildman–Crippen MR) is 93.8 cm³/mol. The van der Waals surface area contributed by atoms with Gasteiger partial charge in [0.05, 0.1) is 0 Å². The van der Waals surface area contributed by atoms with Crippen molar-refractivity contribution in [2.45, 2.75) is 6.92 Å². The molecule has 2 aliphatic heterocycles. The zero-order valence-electron chi connectivity index (χ0n) is 14.8. The Morgan fingerprint density at radius 1 is 1.12 bits per heavy atom. The Bertz CT molecular complexity index is 958. The Morgan fingerprint density at radius 3 is 2.58 bits per heavy atom. The highest BCUT2D eigenvalue weighted by Gasteiger charge is 2.42. The van der Waals surface area contributed by atoms with Crippen molar-refractivity contribution in [3.63, 3.8) is 0 Å². The molecule has 0 aliphatic carbocycles. The summed E-state index contributed by atoms with van der Waals surface area (Å²) in [6, 6.07) is 5.79. The van der Waals surface area contributed by atoms with Gasteiger partial charge in [0.15, 0.2) is 11.3 Å². The first-order valence-corrected chi connectivity index (χ1v) is 8.80. The smallest absolute Gasteiger partial charge is 0.274 e. The van der Waals surface area contributed by atoms with Crippen molar-refractivity contribution < 1.29 is 4.79 Å². The number of carbonyl (C=O) groups is 1. The summed E-state index contributed by atoms with van der Waals surface area (Å²) in [5.41, 5.74) is 2.28. The molecule has 2 fully saturated rings. The van der Waals surface area contributed by atoms with E-state index in [-0.39, 0.29) is 5.91 Å². The highest BCUT2D eigenvalue weighted by molar-refractivity contribution is 5.92. The molecule has 9 heteroatoms. The number of fused-ring (bicyclic) bond motifs is 2. The number of amides is 1. The third kappa shape index (κ3) is 2.34. The molecular formula is C17H20N8O. The highest BCUT2D eigenvalue weighted by atomic mass is 16.2. The van der Waals surface area contributed by atoms with Crippen LogP contribution in [0.2, 0.25) is 0 Å². The van der Waals surface area contributed by atoms with Gasteiger partial charge >= 0.3 is 0 Å². The maximum atomic E-state index is 12.7. The average Bonchev–Trinajstić information content (AvgIpc) is 3.36. The molecule has 0 saturated carbocycles. The third-order valence-electron chi connectivity index (χ3n) is 5.58. The minimum absolute atomic E-state index is 0.0404. The lowest BCUT2D eigenvalue weighted by atomic mass is 10.0. The molecule has 0 N–H and O–H groups in total. The van der Waals surface area contributed by atoms with Crippen molar-refractivity contribution in [1.29, 1.82) is 0 Å². The lowest BCUT2D eigenvalue weighted by Crippen LogP contribution is -2.33. The lowest BCUT2D eigenvalue weighted by molar-refractivity contribution is 0.0776. The summed E-state index contributed by atoms with van der Waals surface area (Å²) in [5.74, 6) is 1.92. The normalized spacial score (nSPS) is 22.4. The van der Waals surface area contributed by atoms with E-state index in [9.17, 15) is 4.79 Å². The van der Waals surface area contributed by atoms with Gasteiger partial charge < -0.3 is 9.80 Å². The molecule has 9 nitrogen and oxygen atoms in total. The fourth-order valence-corrected chi connectivity index (χ4v) is 4.06. The Balaban J connectivity index is 1.29. The van der Waals surface area contributed by atoms with Crippen molar-refractivity contribution in [2.24, 2.45) is 18.9 Å². The minimum atomic E-state index is 0.0404. The Hall–Kier alpha value is -2.97. The first-order valence-electron chi connectivity index (χ1n) is 8.80. The summed E-state index contributed by atoms with van der Waals surface area (Å²) in [7, 11) is 1.86. The third-order valence-corrected chi connectivity index (χ3v) is 5.58. The second-order valence-electron chi connectivity index (χ2n) is 7.26. The molecule has 3 aromatic rings. The van der Waals surface area contributed by atoms with E-state index < -0.39 is 0 Å². The molecule has 1 amide bonds. The van der Waals surface area contributed by atoms with Gasteiger partial charge in [-0.1, -0.05) is 0 Å². The zero-order chi connectivity index (χ0) is 17.8. The monoisotopic (exact) mass is 352 g/mol. The van der Waals surface area contributed by atoms with Crippen LogP contribution in [-0.4, -0.2) is 66.6 Å². The number of aromatic nitrogens is 6. The van der Waals surface area contributed by atoms with Crippen molar-refractivity contribution >= 4 is 17.4 Å². The van der Waals surface area contributed by atoms with Crippen molar-refractivity contribution in [1.82, 2.24) is 34.5 Å². The molecule has 2 saturated heterocycles. The van der Waals surface area contributed by atoms with E-state index in [0.29, 0.717) is 17.5 Å². The fraction of sp³-hybridized carbons (Fsp3) is 0.471. The molecule has 0 spiro atoms. The SMILES string of the molecule is Cc1cc(C(=O)N2CC3CN(c4ccc5nncn5n4)CC3C2)nn1C. The van der Waals surface area contributed by atoms with Crippen LogP contribution >= 0.6 is 0 Å². The molecule has 2 unspecified atom stereocenters. The number of likely N-dealkylation sites (tertiary alicyclic amines) is 1. The van der Waals surface area contributed by atoms with E-state index in [0.717, 1.165) is 43.3 Å². The maximum Gasteiger partial charge on any atom is 0.274 e. The van der Waals surface area contributed by atoms with Crippen LogP contribution in [-0.2, 0) is 7.05 Å².